The highest BCUT2D eigenvalue weighted by Gasteiger charge is 2.29. The first kappa shape index (κ1) is 13.9. The molecule has 2 unspecified atom stereocenters. The third-order valence-electron chi connectivity index (χ3n) is 3.31. The summed E-state index contributed by atoms with van der Waals surface area (Å²) in [4.78, 5) is 13.6. The van der Waals surface area contributed by atoms with Crippen LogP contribution in [0.5, 0.6) is 0 Å². The van der Waals surface area contributed by atoms with Gasteiger partial charge < -0.3 is 5.32 Å². The average Bonchev–Trinajstić information content (AvgIpc) is 2.82. The number of hydrogen-bond acceptors (Lipinski definition) is 2. The zero-order valence-corrected chi connectivity index (χ0v) is 12.9. The van der Waals surface area contributed by atoms with Crippen molar-refractivity contribution in [2.24, 2.45) is 0 Å². The van der Waals surface area contributed by atoms with Crippen molar-refractivity contribution in [3.63, 3.8) is 0 Å². The van der Waals surface area contributed by atoms with Gasteiger partial charge in [-0.3, -0.25) is 4.79 Å². The highest BCUT2D eigenvalue weighted by molar-refractivity contribution is 9.09. The standard InChI is InChI=1S/C14H18BrNOS/c1-2-10(7-8-15)16-14(17)12-9-18-13-6-4-3-5-11(12)13/h3-6,10,12H,2,7-9H2,1H3,(H,16,17). The maximum atomic E-state index is 12.3. The van der Waals surface area contributed by atoms with Gasteiger partial charge in [-0.25, -0.2) is 0 Å². The van der Waals surface area contributed by atoms with E-state index in [4.69, 9.17) is 0 Å². The van der Waals surface area contributed by atoms with Gasteiger partial charge in [-0.2, -0.15) is 0 Å². The van der Waals surface area contributed by atoms with E-state index in [1.165, 1.54) is 10.5 Å². The fourth-order valence-corrected chi connectivity index (χ4v) is 3.97. The van der Waals surface area contributed by atoms with Crippen LogP contribution >= 0.6 is 27.7 Å². The number of fused-ring (bicyclic) bond motifs is 1. The summed E-state index contributed by atoms with van der Waals surface area (Å²) >= 11 is 5.22. The van der Waals surface area contributed by atoms with Crippen LogP contribution in [-0.2, 0) is 4.79 Å². The Morgan fingerprint density at radius 2 is 2.33 bits per heavy atom. The number of amides is 1. The number of hydrogen-bond donors (Lipinski definition) is 1. The summed E-state index contributed by atoms with van der Waals surface area (Å²) in [5.41, 5.74) is 1.19. The summed E-state index contributed by atoms with van der Waals surface area (Å²) in [5.74, 6) is 1.08. The largest absolute Gasteiger partial charge is 0.353 e. The zero-order chi connectivity index (χ0) is 13.0. The maximum Gasteiger partial charge on any atom is 0.228 e. The molecule has 4 heteroatoms. The lowest BCUT2D eigenvalue weighted by atomic mass is 10.00. The maximum absolute atomic E-state index is 12.3. The Hall–Kier alpha value is -0.480. The van der Waals surface area contributed by atoms with E-state index >= 15 is 0 Å². The molecule has 0 aliphatic carbocycles. The van der Waals surface area contributed by atoms with Gasteiger partial charge >= 0.3 is 0 Å². The first-order valence-corrected chi connectivity index (χ1v) is 8.45. The topological polar surface area (TPSA) is 29.1 Å². The summed E-state index contributed by atoms with van der Waals surface area (Å²) in [7, 11) is 0. The molecule has 0 saturated carbocycles. The van der Waals surface area contributed by atoms with E-state index in [-0.39, 0.29) is 17.9 Å². The van der Waals surface area contributed by atoms with E-state index in [0.29, 0.717) is 0 Å². The summed E-state index contributed by atoms with van der Waals surface area (Å²) in [6.07, 6.45) is 1.97. The number of thioether (sulfide) groups is 1. The lowest BCUT2D eigenvalue weighted by molar-refractivity contribution is -0.122. The normalized spacial score (nSPS) is 19.3. The molecule has 98 valence electrons. The Kier molecular flexibility index (Phi) is 5.13. The molecule has 1 aromatic carbocycles. The van der Waals surface area contributed by atoms with Crippen LogP contribution in [0.15, 0.2) is 29.2 Å². The molecule has 1 aliphatic rings. The molecule has 1 N–H and O–H groups in total. The van der Waals surface area contributed by atoms with Gasteiger partial charge in [0, 0.05) is 22.0 Å². The summed E-state index contributed by atoms with van der Waals surface area (Å²) in [6.45, 7) is 2.12. The molecule has 1 amide bonds. The molecule has 0 bridgehead atoms. The van der Waals surface area contributed by atoms with Gasteiger partial charge in [-0.15, -0.1) is 11.8 Å². The molecular formula is C14H18BrNOS. The van der Waals surface area contributed by atoms with Crippen molar-refractivity contribution in [1.82, 2.24) is 5.32 Å². The number of benzene rings is 1. The third kappa shape index (κ3) is 3.09. The third-order valence-corrected chi connectivity index (χ3v) is 4.95. The van der Waals surface area contributed by atoms with Crippen LogP contribution < -0.4 is 5.32 Å². The van der Waals surface area contributed by atoms with Gasteiger partial charge in [0.05, 0.1) is 5.92 Å². The van der Waals surface area contributed by atoms with Gasteiger partial charge in [0.25, 0.3) is 0 Å². The number of rotatable bonds is 5. The Morgan fingerprint density at radius 1 is 1.56 bits per heavy atom. The van der Waals surface area contributed by atoms with Gasteiger partial charge in [0.1, 0.15) is 0 Å². The molecule has 2 nitrogen and oxygen atoms in total. The minimum Gasteiger partial charge on any atom is -0.353 e. The molecule has 18 heavy (non-hydrogen) atoms. The number of nitrogens with one attached hydrogen (secondary N) is 1. The lowest BCUT2D eigenvalue weighted by Gasteiger charge is -2.19. The molecule has 1 aromatic rings. The first-order valence-electron chi connectivity index (χ1n) is 6.34. The number of alkyl halides is 1. The SMILES string of the molecule is CCC(CCBr)NC(=O)C1CSc2ccccc21. The van der Waals surface area contributed by atoms with Crippen molar-refractivity contribution in [2.45, 2.75) is 36.6 Å². The second-order valence-corrected chi connectivity index (χ2v) is 6.35. The van der Waals surface area contributed by atoms with Crippen LogP contribution in [0.25, 0.3) is 0 Å². The predicted molar refractivity (Wildman–Crippen MR) is 80.5 cm³/mol. The van der Waals surface area contributed by atoms with Crippen molar-refractivity contribution in [2.75, 3.05) is 11.1 Å². The number of carbonyl (C=O) groups is 1. The number of carbonyl (C=O) groups excluding carboxylic acids is 1. The van der Waals surface area contributed by atoms with Crippen LogP contribution in [0.2, 0.25) is 0 Å². The average molecular weight is 328 g/mol. The smallest absolute Gasteiger partial charge is 0.228 e. The van der Waals surface area contributed by atoms with E-state index < -0.39 is 0 Å². The molecule has 0 spiro atoms. The molecule has 1 heterocycles. The zero-order valence-electron chi connectivity index (χ0n) is 10.5. The molecule has 2 rings (SSSR count). The molecular weight excluding hydrogens is 310 g/mol. The van der Waals surface area contributed by atoms with E-state index in [9.17, 15) is 4.79 Å². The van der Waals surface area contributed by atoms with Crippen LogP contribution in [-0.4, -0.2) is 23.0 Å². The lowest BCUT2D eigenvalue weighted by Crippen LogP contribution is -2.38. The minimum atomic E-state index is 0.0237. The van der Waals surface area contributed by atoms with Crippen LogP contribution in [0.1, 0.15) is 31.2 Å². The highest BCUT2D eigenvalue weighted by Crippen LogP contribution is 2.39. The van der Waals surface area contributed by atoms with Crippen molar-refractivity contribution in [3.05, 3.63) is 29.8 Å². The second kappa shape index (κ2) is 6.62. The summed E-state index contributed by atoms with van der Waals surface area (Å²) in [6, 6.07) is 8.51. The van der Waals surface area contributed by atoms with Crippen LogP contribution in [0.4, 0.5) is 0 Å². The fraction of sp³-hybridized carbons (Fsp3) is 0.500. The Bertz CT molecular complexity index is 424. The summed E-state index contributed by atoms with van der Waals surface area (Å²) < 4.78 is 0. The molecule has 0 radical (unpaired) electrons. The molecule has 2 atom stereocenters. The van der Waals surface area contributed by atoms with E-state index in [2.05, 4.69) is 40.3 Å². The molecule has 0 aromatic heterocycles. The van der Waals surface area contributed by atoms with Gasteiger partial charge in [0.2, 0.25) is 5.91 Å². The Labute approximate surface area is 121 Å². The van der Waals surface area contributed by atoms with E-state index in [1.54, 1.807) is 11.8 Å². The van der Waals surface area contributed by atoms with Crippen LogP contribution in [0, 0.1) is 0 Å². The predicted octanol–water partition coefficient (Wildman–Crippen LogP) is 3.56. The molecule has 0 fully saturated rings. The van der Waals surface area contributed by atoms with Gasteiger partial charge in [-0.1, -0.05) is 41.1 Å². The Morgan fingerprint density at radius 3 is 3.06 bits per heavy atom. The van der Waals surface area contributed by atoms with Crippen molar-refractivity contribution >= 4 is 33.6 Å². The quantitative estimate of drug-likeness (QED) is 0.838. The first-order chi connectivity index (χ1) is 8.76. The highest BCUT2D eigenvalue weighted by atomic mass is 79.9. The number of halogens is 1. The van der Waals surface area contributed by atoms with Gasteiger partial charge in [0.15, 0.2) is 0 Å². The van der Waals surface area contributed by atoms with E-state index in [0.717, 1.165) is 23.9 Å². The Balaban J connectivity index is 2.03. The fourth-order valence-electron chi connectivity index (χ4n) is 2.19. The summed E-state index contributed by atoms with van der Waals surface area (Å²) in [5, 5.41) is 4.10. The van der Waals surface area contributed by atoms with Crippen molar-refractivity contribution in [1.29, 1.82) is 0 Å². The minimum absolute atomic E-state index is 0.0237. The monoisotopic (exact) mass is 327 g/mol. The van der Waals surface area contributed by atoms with Gasteiger partial charge in [-0.05, 0) is 24.5 Å². The second-order valence-electron chi connectivity index (χ2n) is 4.49. The van der Waals surface area contributed by atoms with Crippen molar-refractivity contribution in [3.8, 4) is 0 Å². The van der Waals surface area contributed by atoms with Crippen LogP contribution in [0.3, 0.4) is 0 Å². The van der Waals surface area contributed by atoms with E-state index in [1.807, 2.05) is 12.1 Å². The van der Waals surface area contributed by atoms with Crippen molar-refractivity contribution < 1.29 is 4.79 Å². The molecule has 0 saturated heterocycles. The molecule has 1 aliphatic heterocycles.